The summed E-state index contributed by atoms with van der Waals surface area (Å²) in [4.78, 5) is 28.4. The molecule has 0 spiro atoms. The highest BCUT2D eigenvalue weighted by Gasteiger charge is 2.21. The molecule has 4 rings (SSSR count). The molecule has 0 aliphatic heterocycles. The third kappa shape index (κ3) is 4.80. The third-order valence-electron chi connectivity index (χ3n) is 5.67. The van der Waals surface area contributed by atoms with Gasteiger partial charge < -0.3 is 10.2 Å². The first-order valence-corrected chi connectivity index (χ1v) is 11.4. The average molecular weight is 465 g/mol. The molecule has 0 saturated carbocycles. The van der Waals surface area contributed by atoms with Gasteiger partial charge in [-0.2, -0.15) is 5.10 Å². The highest BCUT2D eigenvalue weighted by atomic mass is 32.1. The predicted molar refractivity (Wildman–Crippen MR) is 129 cm³/mol. The molecule has 0 atom stereocenters. The first-order valence-electron chi connectivity index (χ1n) is 10.6. The van der Waals surface area contributed by atoms with Crippen LogP contribution in [0.4, 0.5) is 10.1 Å². The van der Waals surface area contributed by atoms with Crippen LogP contribution in [-0.2, 0) is 11.3 Å². The van der Waals surface area contributed by atoms with Crippen molar-refractivity contribution in [2.45, 2.75) is 27.3 Å². The van der Waals surface area contributed by atoms with Crippen molar-refractivity contribution in [3.05, 3.63) is 81.6 Å². The van der Waals surface area contributed by atoms with Crippen molar-refractivity contribution >= 4 is 39.1 Å². The van der Waals surface area contributed by atoms with Gasteiger partial charge in [-0.15, -0.1) is 11.3 Å². The molecular weight excluding hydrogens is 439 g/mol. The van der Waals surface area contributed by atoms with Crippen molar-refractivity contribution in [3.8, 4) is 0 Å². The van der Waals surface area contributed by atoms with Gasteiger partial charge in [0.25, 0.3) is 5.91 Å². The number of rotatable bonds is 6. The number of hydrogen-bond acceptors (Lipinski definition) is 4. The molecule has 0 fully saturated rings. The summed E-state index contributed by atoms with van der Waals surface area (Å²) in [5.74, 6) is -0.756. The minimum atomic E-state index is -0.283. The van der Waals surface area contributed by atoms with Crippen LogP contribution in [0.25, 0.3) is 10.2 Å². The van der Waals surface area contributed by atoms with Crippen molar-refractivity contribution in [1.82, 2.24) is 14.7 Å². The Morgan fingerprint density at radius 1 is 1.12 bits per heavy atom. The second-order valence-corrected chi connectivity index (χ2v) is 9.19. The highest BCUT2D eigenvalue weighted by Crippen LogP contribution is 2.29. The van der Waals surface area contributed by atoms with E-state index in [4.69, 9.17) is 0 Å². The van der Waals surface area contributed by atoms with Gasteiger partial charge in [0.2, 0.25) is 5.91 Å². The van der Waals surface area contributed by atoms with Crippen LogP contribution in [0, 0.1) is 26.6 Å². The number of hydrogen-bond donors (Lipinski definition) is 1. The van der Waals surface area contributed by atoms with E-state index in [0.29, 0.717) is 11.4 Å². The van der Waals surface area contributed by atoms with Crippen molar-refractivity contribution in [1.29, 1.82) is 0 Å². The lowest BCUT2D eigenvalue weighted by Crippen LogP contribution is -2.34. The van der Waals surface area contributed by atoms with Gasteiger partial charge in [0.1, 0.15) is 10.6 Å². The van der Waals surface area contributed by atoms with Gasteiger partial charge in [-0.05, 0) is 61.7 Å². The Morgan fingerprint density at radius 3 is 2.58 bits per heavy atom. The summed E-state index contributed by atoms with van der Waals surface area (Å²) in [6.45, 7) is 6.26. The number of likely N-dealkylation sites (N-methyl/N-ethyl adjacent to an activating group) is 1. The van der Waals surface area contributed by atoms with Gasteiger partial charge in [-0.1, -0.05) is 24.3 Å². The van der Waals surface area contributed by atoms with E-state index < -0.39 is 0 Å². The molecule has 2 amide bonds. The molecule has 0 radical (unpaired) electrons. The predicted octanol–water partition coefficient (Wildman–Crippen LogP) is 4.92. The molecular formula is C25H25FN4O2S. The normalized spacial score (nSPS) is 11.1. The monoisotopic (exact) mass is 464 g/mol. The van der Waals surface area contributed by atoms with E-state index in [1.165, 1.54) is 28.4 Å². The van der Waals surface area contributed by atoms with Gasteiger partial charge in [-0.25, -0.2) is 4.39 Å². The Bertz CT molecular complexity index is 1340. The minimum Gasteiger partial charge on any atom is -0.332 e. The molecule has 6 nitrogen and oxygen atoms in total. The first kappa shape index (κ1) is 22.7. The van der Waals surface area contributed by atoms with E-state index in [0.717, 1.165) is 38.3 Å². The number of thiophene rings is 1. The van der Waals surface area contributed by atoms with Crippen LogP contribution in [0.1, 0.15) is 32.1 Å². The maximum atomic E-state index is 13.2. The summed E-state index contributed by atoms with van der Waals surface area (Å²) < 4.78 is 15.0. The zero-order valence-corrected chi connectivity index (χ0v) is 19.8. The molecule has 170 valence electrons. The Balaban J connectivity index is 1.48. The maximum absolute atomic E-state index is 13.2. The molecule has 0 saturated heterocycles. The molecule has 33 heavy (non-hydrogen) atoms. The fourth-order valence-corrected chi connectivity index (χ4v) is 4.80. The van der Waals surface area contributed by atoms with Crippen LogP contribution < -0.4 is 5.32 Å². The van der Waals surface area contributed by atoms with Crippen LogP contribution in [0.2, 0.25) is 0 Å². The SMILES string of the molecule is Cc1cccc(NC(=O)CN(C)C(=O)c2cc3c(C)nn(Cc4ccc(F)cc4)c3s2)c1C. The number of aromatic nitrogens is 2. The highest BCUT2D eigenvalue weighted by molar-refractivity contribution is 7.20. The number of carbonyl (C=O) groups excluding carboxylic acids is 2. The smallest absolute Gasteiger partial charge is 0.264 e. The molecule has 1 N–H and O–H groups in total. The molecule has 0 aliphatic rings. The number of halogens is 1. The molecule has 2 aromatic carbocycles. The lowest BCUT2D eigenvalue weighted by atomic mass is 10.1. The standard InChI is InChI=1S/C25H25FN4O2S/c1-15-6-5-7-21(16(15)2)27-23(31)14-29(4)24(32)22-12-20-17(3)28-30(25(20)33-22)13-18-8-10-19(26)11-9-18/h5-12H,13-14H2,1-4H3,(H,27,31). The molecule has 2 aromatic heterocycles. The fourth-order valence-electron chi connectivity index (χ4n) is 3.64. The van der Waals surface area contributed by atoms with Gasteiger partial charge in [0, 0.05) is 18.1 Å². The second-order valence-electron chi connectivity index (χ2n) is 8.16. The summed E-state index contributed by atoms with van der Waals surface area (Å²) in [5.41, 5.74) is 4.58. The van der Waals surface area contributed by atoms with Gasteiger partial charge in [-0.3, -0.25) is 14.3 Å². The van der Waals surface area contributed by atoms with Crippen LogP contribution in [0.5, 0.6) is 0 Å². The van der Waals surface area contributed by atoms with E-state index >= 15 is 0 Å². The van der Waals surface area contributed by atoms with E-state index in [1.807, 2.05) is 49.7 Å². The van der Waals surface area contributed by atoms with Crippen LogP contribution in [0.15, 0.2) is 48.5 Å². The second kappa shape index (κ2) is 9.15. The quantitative estimate of drug-likeness (QED) is 0.440. The summed E-state index contributed by atoms with van der Waals surface area (Å²) >= 11 is 1.34. The third-order valence-corrected chi connectivity index (χ3v) is 6.81. The number of nitrogens with one attached hydrogen (secondary N) is 1. The van der Waals surface area contributed by atoms with E-state index in [2.05, 4.69) is 10.4 Å². The summed E-state index contributed by atoms with van der Waals surface area (Å²) in [6, 6.07) is 13.8. The molecule has 0 aliphatic carbocycles. The van der Waals surface area contributed by atoms with Crippen molar-refractivity contribution < 1.29 is 14.0 Å². The molecule has 8 heteroatoms. The minimum absolute atomic E-state index is 0.0544. The summed E-state index contributed by atoms with van der Waals surface area (Å²) in [6.07, 6.45) is 0. The van der Waals surface area contributed by atoms with Crippen molar-refractivity contribution in [2.24, 2.45) is 0 Å². The summed E-state index contributed by atoms with van der Waals surface area (Å²) in [7, 11) is 1.62. The first-order chi connectivity index (χ1) is 15.7. The van der Waals surface area contributed by atoms with Crippen LogP contribution in [0.3, 0.4) is 0 Å². The molecule has 0 bridgehead atoms. The molecule has 2 heterocycles. The van der Waals surface area contributed by atoms with Crippen molar-refractivity contribution in [3.63, 3.8) is 0 Å². The number of aryl methyl sites for hydroxylation is 2. The maximum Gasteiger partial charge on any atom is 0.264 e. The Hall–Kier alpha value is -3.52. The van der Waals surface area contributed by atoms with Gasteiger partial charge >= 0.3 is 0 Å². The number of anilines is 1. The van der Waals surface area contributed by atoms with Crippen LogP contribution >= 0.6 is 11.3 Å². The largest absolute Gasteiger partial charge is 0.332 e. The average Bonchev–Trinajstić information content (AvgIpc) is 3.33. The van der Waals surface area contributed by atoms with E-state index in [9.17, 15) is 14.0 Å². The zero-order chi connectivity index (χ0) is 23.7. The Kier molecular flexibility index (Phi) is 6.29. The molecule has 0 unspecified atom stereocenters. The lowest BCUT2D eigenvalue weighted by molar-refractivity contribution is -0.116. The Morgan fingerprint density at radius 2 is 1.85 bits per heavy atom. The van der Waals surface area contributed by atoms with Gasteiger partial charge in [0.05, 0.1) is 23.7 Å². The lowest BCUT2D eigenvalue weighted by Gasteiger charge is -2.17. The number of fused-ring (bicyclic) bond motifs is 1. The summed E-state index contributed by atoms with van der Waals surface area (Å²) in [5, 5.41) is 8.36. The number of nitrogens with zero attached hydrogens (tertiary/aromatic N) is 3. The number of amides is 2. The number of carbonyl (C=O) groups is 2. The molecule has 4 aromatic rings. The van der Waals surface area contributed by atoms with E-state index in [1.54, 1.807) is 19.2 Å². The van der Waals surface area contributed by atoms with Crippen molar-refractivity contribution in [2.75, 3.05) is 18.9 Å². The Labute approximate surface area is 195 Å². The zero-order valence-electron chi connectivity index (χ0n) is 19.0. The fraction of sp³-hybridized carbons (Fsp3) is 0.240. The topological polar surface area (TPSA) is 67.2 Å². The van der Waals surface area contributed by atoms with Crippen LogP contribution in [-0.4, -0.2) is 40.1 Å². The number of benzene rings is 2. The van der Waals surface area contributed by atoms with E-state index in [-0.39, 0.29) is 24.2 Å². The van der Waals surface area contributed by atoms with Gasteiger partial charge in [0.15, 0.2) is 0 Å².